The van der Waals surface area contributed by atoms with Crippen molar-refractivity contribution >= 4 is 28.6 Å². The zero-order valence-electron chi connectivity index (χ0n) is 10.8. The molecule has 2 heterocycles. The number of nitrogens with zero attached hydrogens (tertiary/aromatic N) is 1. The van der Waals surface area contributed by atoms with Crippen LogP contribution < -0.4 is 5.32 Å². The van der Waals surface area contributed by atoms with Gasteiger partial charge in [0.25, 0.3) is 0 Å². The molecule has 96 valence electrons. The second-order valence-electron chi connectivity index (χ2n) is 5.24. The average molecular weight is 281 g/mol. The number of nitrogens with one attached hydrogen (secondary N) is 1. The maximum Gasteiger partial charge on any atom is 0.131 e. The largest absolute Gasteiger partial charge is 0.380 e. The molecule has 0 spiro atoms. The molecule has 1 N–H and O–H groups in total. The lowest BCUT2D eigenvalue weighted by molar-refractivity contribution is 0.604. The van der Waals surface area contributed by atoms with Crippen LogP contribution in [0, 0.1) is 0 Å². The minimum atomic E-state index is 0.225. The van der Waals surface area contributed by atoms with Gasteiger partial charge in [-0.1, -0.05) is 32.4 Å². The Balaban J connectivity index is 2.01. The normalized spacial score (nSPS) is 11.6. The Morgan fingerprint density at radius 2 is 2.06 bits per heavy atom. The van der Waals surface area contributed by atoms with E-state index >= 15 is 0 Å². The molecule has 18 heavy (non-hydrogen) atoms. The summed E-state index contributed by atoms with van der Waals surface area (Å²) in [5.74, 6) is 0. The van der Waals surface area contributed by atoms with Crippen LogP contribution in [0.15, 0.2) is 30.5 Å². The van der Waals surface area contributed by atoms with Gasteiger partial charge in [-0.05, 0) is 29.7 Å². The van der Waals surface area contributed by atoms with Crippen LogP contribution in [0.5, 0.6) is 0 Å². The zero-order valence-corrected chi connectivity index (χ0v) is 12.4. The monoisotopic (exact) mass is 280 g/mol. The smallest absolute Gasteiger partial charge is 0.131 e. The van der Waals surface area contributed by atoms with E-state index < -0.39 is 0 Å². The van der Waals surface area contributed by atoms with Crippen molar-refractivity contribution in [3.8, 4) is 0 Å². The molecular weight excluding hydrogens is 264 g/mol. The summed E-state index contributed by atoms with van der Waals surface area (Å²) in [6.45, 7) is 7.52. The van der Waals surface area contributed by atoms with Crippen LogP contribution in [0.3, 0.4) is 0 Å². The van der Waals surface area contributed by atoms with Gasteiger partial charge in [0.2, 0.25) is 0 Å². The van der Waals surface area contributed by atoms with E-state index in [0.717, 1.165) is 12.2 Å². The second kappa shape index (κ2) is 5.29. The molecule has 0 amide bonds. The van der Waals surface area contributed by atoms with Crippen molar-refractivity contribution in [2.45, 2.75) is 32.7 Å². The summed E-state index contributed by atoms with van der Waals surface area (Å²) >= 11 is 7.69. The third-order valence-corrected chi connectivity index (χ3v) is 4.31. The molecule has 0 fully saturated rings. The lowest BCUT2D eigenvalue weighted by Gasteiger charge is -2.15. The first-order valence-corrected chi connectivity index (χ1v) is 7.09. The van der Waals surface area contributed by atoms with Crippen LogP contribution in [0.25, 0.3) is 0 Å². The van der Waals surface area contributed by atoms with E-state index in [4.69, 9.17) is 11.6 Å². The first kappa shape index (κ1) is 13.4. The van der Waals surface area contributed by atoms with Crippen molar-refractivity contribution in [2.75, 3.05) is 5.32 Å². The molecule has 0 saturated carbocycles. The van der Waals surface area contributed by atoms with E-state index in [1.807, 2.05) is 23.5 Å². The lowest BCUT2D eigenvalue weighted by atomic mass is 9.95. The first-order chi connectivity index (χ1) is 8.45. The number of pyridine rings is 1. The highest BCUT2D eigenvalue weighted by atomic mass is 35.5. The van der Waals surface area contributed by atoms with Gasteiger partial charge in [-0.25, -0.2) is 4.98 Å². The van der Waals surface area contributed by atoms with E-state index in [1.165, 1.54) is 9.75 Å². The highest BCUT2D eigenvalue weighted by molar-refractivity contribution is 7.12. The van der Waals surface area contributed by atoms with Crippen molar-refractivity contribution < 1.29 is 0 Å². The molecule has 0 saturated heterocycles. The molecule has 0 aliphatic heterocycles. The molecule has 0 aliphatic carbocycles. The Hall–Kier alpha value is -1.06. The summed E-state index contributed by atoms with van der Waals surface area (Å²) in [7, 11) is 0. The van der Waals surface area contributed by atoms with Crippen LogP contribution in [0.2, 0.25) is 5.15 Å². The Kier molecular flexibility index (Phi) is 3.93. The minimum absolute atomic E-state index is 0.225. The van der Waals surface area contributed by atoms with Gasteiger partial charge in [0.15, 0.2) is 0 Å². The summed E-state index contributed by atoms with van der Waals surface area (Å²) in [6.07, 6.45) is 1.71. The van der Waals surface area contributed by atoms with Gasteiger partial charge in [0, 0.05) is 28.2 Å². The Bertz CT molecular complexity index is 529. The summed E-state index contributed by atoms with van der Waals surface area (Å²) < 4.78 is 0. The number of hydrogen-bond acceptors (Lipinski definition) is 3. The van der Waals surface area contributed by atoms with Gasteiger partial charge >= 0.3 is 0 Å². The van der Waals surface area contributed by atoms with Crippen molar-refractivity contribution in [2.24, 2.45) is 0 Å². The maximum absolute atomic E-state index is 5.84. The fourth-order valence-electron chi connectivity index (χ4n) is 1.58. The highest BCUT2D eigenvalue weighted by Crippen LogP contribution is 2.29. The third-order valence-electron chi connectivity index (χ3n) is 2.59. The SMILES string of the molecule is CC(C)(C)c1ccc(CNc2ccnc(Cl)c2)s1. The molecule has 4 heteroatoms. The average Bonchev–Trinajstić information content (AvgIpc) is 2.74. The predicted molar refractivity (Wildman–Crippen MR) is 79.6 cm³/mol. The van der Waals surface area contributed by atoms with Crippen LogP contribution in [-0.4, -0.2) is 4.98 Å². The summed E-state index contributed by atoms with van der Waals surface area (Å²) in [5.41, 5.74) is 1.23. The van der Waals surface area contributed by atoms with Crippen molar-refractivity contribution in [3.63, 3.8) is 0 Å². The van der Waals surface area contributed by atoms with E-state index in [-0.39, 0.29) is 5.41 Å². The minimum Gasteiger partial charge on any atom is -0.380 e. The number of anilines is 1. The molecule has 2 aromatic heterocycles. The van der Waals surface area contributed by atoms with Gasteiger partial charge in [-0.3, -0.25) is 0 Å². The number of halogens is 1. The van der Waals surface area contributed by atoms with Gasteiger partial charge in [0.05, 0.1) is 0 Å². The van der Waals surface area contributed by atoms with Gasteiger partial charge in [-0.15, -0.1) is 11.3 Å². The summed E-state index contributed by atoms with van der Waals surface area (Å²) in [4.78, 5) is 6.70. The summed E-state index contributed by atoms with van der Waals surface area (Å²) in [5, 5.41) is 3.87. The molecule has 0 bridgehead atoms. The fraction of sp³-hybridized carbons (Fsp3) is 0.357. The molecule has 2 rings (SSSR count). The van der Waals surface area contributed by atoms with Crippen LogP contribution in [-0.2, 0) is 12.0 Å². The van der Waals surface area contributed by atoms with Gasteiger partial charge in [0.1, 0.15) is 5.15 Å². The highest BCUT2D eigenvalue weighted by Gasteiger charge is 2.15. The van der Waals surface area contributed by atoms with Crippen LogP contribution >= 0.6 is 22.9 Å². The zero-order chi connectivity index (χ0) is 13.2. The second-order valence-corrected chi connectivity index (χ2v) is 6.79. The molecule has 2 aromatic rings. The van der Waals surface area contributed by atoms with Crippen molar-refractivity contribution in [1.82, 2.24) is 4.98 Å². The molecule has 0 aliphatic rings. The number of hydrogen-bond donors (Lipinski definition) is 1. The Labute approximate surface area is 117 Å². The molecule has 0 atom stereocenters. The number of aromatic nitrogens is 1. The molecule has 0 radical (unpaired) electrons. The fourth-order valence-corrected chi connectivity index (χ4v) is 2.76. The molecule has 0 unspecified atom stereocenters. The van der Waals surface area contributed by atoms with Crippen LogP contribution in [0.1, 0.15) is 30.5 Å². The quantitative estimate of drug-likeness (QED) is 0.824. The Morgan fingerprint density at radius 3 is 2.67 bits per heavy atom. The number of rotatable bonds is 3. The topological polar surface area (TPSA) is 24.9 Å². The third kappa shape index (κ3) is 3.47. The van der Waals surface area contributed by atoms with Gasteiger partial charge in [-0.2, -0.15) is 0 Å². The first-order valence-electron chi connectivity index (χ1n) is 5.90. The molecule has 0 aromatic carbocycles. The van der Waals surface area contributed by atoms with Gasteiger partial charge < -0.3 is 5.32 Å². The van der Waals surface area contributed by atoms with Crippen molar-refractivity contribution in [1.29, 1.82) is 0 Å². The lowest BCUT2D eigenvalue weighted by Crippen LogP contribution is -2.07. The molecular formula is C14H17ClN2S. The van der Waals surface area contributed by atoms with E-state index in [9.17, 15) is 0 Å². The van der Waals surface area contributed by atoms with E-state index in [2.05, 4.69) is 43.2 Å². The van der Waals surface area contributed by atoms with Crippen LogP contribution in [0.4, 0.5) is 5.69 Å². The van der Waals surface area contributed by atoms with E-state index in [0.29, 0.717) is 5.15 Å². The standard InChI is InChI=1S/C14H17ClN2S/c1-14(2,3)12-5-4-11(18-12)9-17-10-6-7-16-13(15)8-10/h4-8H,9H2,1-3H3,(H,16,17). The summed E-state index contributed by atoms with van der Waals surface area (Å²) in [6, 6.07) is 8.15. The number of thiophene rings is 1. The maximum atomic E-state index is 5.84. The Morgan fingerprint density at radius 1 is 1.28 bits per heavy atom. The molecule has 2 nitrogen and oxygen atoms in total. The predicted octanol–water partition coefficient (Wildman–Crippen LogP) is 4.71. The van der Waals surface area contributed by atoms with Crippen molar-refractivity contribution in [3.05, 3.63) is 45.4 Å². The van der Waals surface area contributed by atoms with E-state index in [1.54, 1.807) is 6.20 Å².